The molecule has 2 N–H and O–H groups in total. The molecule has 0 aliphatic carbocycles. The van der Waals surface area contributed by atoms with Crippen molar-refractivity contribution in [3.8, 4) is 5.75 Å². The summed E-state index contributed by atoms with van der Waals surface area (Å²) in [7, 11) is 1.61. The van der Waals surface area contributed by atoms with E-state index in [0.29, 0.717) is 20.2 Å². The largest absolute Gasteiger partial charge is 0.495 e. The average Bonchev–Trinajstić information content (AvgIpc) is 3.10. The third kappa shape index (κ3) is 5.35. The number of para-hydroxylation sites is 2. The molecule has 140 valence electrons. The van der Waals surface area contributed by atoms with Crippen LogP contribution in [0.1, 0.15) is 6.92 Å². The van der Waals surface area contributed by atoms with Crippen LogP contribution >= 0.6 is 34.7 Å². The standard InChI is InChI=1S/C18H17ClN4O2S2/c1-11(16(24)20-13-9-7-12(19)8-10-13)26-18-23-22-17(27-18)21-14-5-3-4-6-15(14)25-2/h3-11H,1-2H3,(H,20,24)(H,21,22). The number of amides is 1. The van der Waals surface area contributed by atoms with Gasteiger partial charge >= 0.3 is 0 Å². The summed E-state index contributed by atoms with van der Waals surface area (Å²) in [6.07, 6.45) is 0. The van der Waals surface area contributed by atoms with E-state index in [-0.39, 0.29) is 11.2 Å². The highest BCUT2D eigenvalue weighted by Crippen LogP contribution is 2.33. The van der Waals surface area contributed by atoms with Crippen molar-refractivity contribution in [2.45, 2.75) is 16.5 Å². The molecule has 1 unspecified atom stereocenters. The lowest BCUT2D eigenvalue weighted by molar-refractivity contribution is -0.115. The average molecular weight is 421 g/mol. The maximum atomic E-state index is 12.3. The van der Waals surface area contributed by atoms with Crippen LogP contribution in [0.5, 0.6) is 5.75 Å². The maximum Gasteiger partial charge on any atom is 0.237 e. The molecule has 3 rings (SSSR count). The smallest absolute Gasteiger partial charge is 0.237 e. The minimum atomic E-state index is -0.326. The van der Waals surface area contributed by atoms with Crippen molar-refractivity contribution in [1.82, 2.24) is 10.2 Å². The molecule has 2 aromatic carbocycles. The van der Waals surface area contributed by atoms with Crippen molar-refractivity contribution < 1.29 is 9.53 Å². The van der Waals surface area contributed by atoms with Gasteiger partial charge in [0.25, 0.3) is 0 Å². The van der Waals surface area contributed by atoms with E-state index in [4.69, 9.17) is 16.3 Å². The number of hydrogen-bond donors (Lipinski definition) is 2. The summed E-state index contributed by atoms with van der Waals surface area (Å²) in [5, 5.41) is 15.2. The van der Waals surface area contributed by atoms with Gasteiger partial charge in [0.15, 0.2) is 4.34 Å². The van der Waals surface area contributed by atoms with Gasteiger partial charge in [-0.25, -0.2) is 0 Å². The highest BCUT2D eigenvalue weighted by atomic mass is 35.5. The fourth-order valence-corrected chi connectivity index (χ4v) is 4.19. The van der Waals surface area contributed by atoms with Crippen LogP contribution in [0.3, 0.4) is 0 Å². The number of carbonyl (C=O) groups is 1. The van der Waals surface area contributed by atoms with Crippen LogP contribution in [0.25, 0.3) is 0 Å². The number of rotatable bonds is 7. The van der Waals surface area contributed by atoms with Gasteiger partial charge in [0.2, 0.25) is 11.0 Å². The number of thioether (sulfide) groups is 1. The lowest BCUT2D eigenvalue weighted by atomic mass is 10.3. The molecule has 1 heterocycles. The molecule has 0 spiro atoms. The van der Waals surface area contributed by atoms with E-state index in [1.165, 1.54) is 23.1 Å². The van der Waals surface area contributed by atoms with Gasteiger partial charge in [0, 0.05) is 10.7 Å². The number of halogens is 1. The normalized spacial score (nSPS) is 11.7. The van der Waals surface area contributed by atoms with Crippen molar-refractivity contribution in [3.05, 3.63) is 53.6 Å². The molecule has 1 amide bonds. The fraction of sp³-hybridized carbons (Fsp3) is 0.167. The van der Waals surface area contributed by atoms with E-state index in [9.17, 15) is 4.79 Å². The second kappa shape index (κ2) is 9.07. The van der Waals surface area contributed by atoms with Gasteiger partial charge in [-0.15, -0.1) is 10.2 Å². The summed E-state index contributed by atoms with van der Waals surface area (Å²) >= 11 is 8.58. The van der Waals surface area contributed by atoms with Crippen molar-refractivity contribution in [2.24, 2.45) is 0 Å². The molecule has 0 fully saturated rings. The first-order valence-corrected chi connectivity index (χ1v) is 10.1. The minimum Gasteiger partial charge on any atom is -0.495 e. The Morgan fingerprint density at radius 2 is 1.93 bits per heavy atom. The van der Waals surface area contributed by atoms with Crippen molar-refractivity contribution in [1.29, 1.82) is 0 Å². The van der Waals surface area contributed by atoms with E-state index in [2.05, 4.69) is 20.8 Å². The zero-order chi connectivity index (χ0) is 19.2. The summed E-state index contributed by atoms with van der Waals surface area (Å²) in [4.78, 5) is 12.3. The van der Waals surface area contributed by atoms with E-state index in [0.717, 1.165) is 11.4 Å². The quantitative estimate of drug-likeness (QED) is 0.520. The first-order valence-electron chi connectivity index (χ1n) is 8.02. The number of ether oxygens (including phenoxy) is 1. The Kier molecular flexibility index (Phi) is 6.54. The van der Waals surface area contributed by atoms with Gasteiger partial charge < -0.3 is 15.4 Å². The maximum absolute atomic E-state index is 12.3. The van der Waals surface area contributed by atoms with Crippen LogP contribution in [0, 0.1) is 0 Å². The summed E-state index contributed by atoms with van der Waals surface area (Å²) < 4.78 is 6.01. The zero-order valence-electron chi connectivity index (χ0n) is 14.6. The number of anilines is 3. The Hall–Kier alpha value is -2.29. The second-order valence-electron chi connectivity index (χ2n) is 5.45. The SMILES string of the molecule is COc1ccccc1Nc1nnc(SC(C)C(=O)Nc2ccc(Cl)cc2)s1. The molecule has 0 radical (unpaired) electrons. The van der Waals surface area contributed by atoms with Crippen LogP contribution in [0.4, 0.5) is 16.5 Å². The first-order chi connectivity index (χ1) is 13.0. The molecule has 0 aliphatic heterocycles. The lowest BCUT2D eigenvalue weighted by Crippen LogP contribution is -2.22. The topological polar surface area (TPSA) is 76.1 Å². The van der Waals surface area contributed by atoms with Gasteiger partial charge in [0.05, 0.1) is 18.0 Å². The molecule has 27 heavy (non-hydrogen) atoms. The first kappa shape index (κ1) is 19.5. The van der Waals surface area contributed by atoms with Crippen LogP contribution < -0.4 is 15.4 Å². The van der Waals surface area contributed by atoms with E-state index >= 15 is 0 Å². The van der Waals surface area contributed by atoms with Crippen LogP contribution in [-0.4, -0.2) is 28.5 Å². The van der Waals surface area contributed by atoms with Crippen LogP contribution in [0.2, 0.25) is 5.02 Å². The summed E-state index contributed by atoms with van der Waals surface area (Å²) in [5.41, 5.74) is 1.51. The molecule has 6 nitrogen and oxygen atoms in total. The fourth-order valence-electron chi connectivity index (χ4n) is 2.15. The molecule has 1 atom stereocenters. The van der Waals surface area contributed by atoms with Crippen molar-refractivity contribution in [3.63, 3.8) is 0 Å². The number of carbonyl (C=O) groups excluding carboxylic acids is 1. The summed E-state index contributed by atoms with van der Waals surface area (Å²) in [6, 6.07) is 14.6. The number of benzene rings is 2. The number of hydrogen-bond acceptors (Lipinski definition) is 7. The summed E-state index contributed by atoms with van der Waals surface area (Å²) in [6.45, 7) is 1.82. The molecule has 0 saturated heterocycles. The van der Waals surface area contributed by atoms with Crippen molar-refractivity contribution in [2.75, 3.05) is 17.7 Å². The number of aromatic nitrogens is 2. The van der Waals surface area contributed by atoms with Gasteiger partial charge in [-0.05, 0) is 43.3 Å². The predicted octanol–water partition coefficient (Wildman–Crippen LogP) is 5.06. The van der Waals surface area contributed by atoms with Gasteiger partial charge in [0.1, 0.15) is 5.75 Å². The number of nitrogens with zero attached hydrogens (tertiary/aromatic N) is 2. The number of methoxy groups -OCH3 is 1. The van der Waals surface area contributed by atoms with Gasteiger partial charge in [-0.1, -0.05) is 46.8 Å². The molecule has 9 heteroatoms. The lowest BCUT2D eigenvalue weighted by Gasteiger charge is -2.10. The molecule has 0 saturated carbocycles. The third-order valence-electron chi connectivity index (χ3n) is 3.51. The second-order valence-corrected chi connectivity index (χ2v) is 8.46. The monoisotopic (exact) mass is 420 g/mol. The van der Waals surface area contributed by atoms with E-state index in [1.54, 1.807) is 31.4 Å². The molecule has 3 aromatic rings. The van der Waals surface area contributed by atoms with Gasteiger partial charge in [-0.2, -0.15) is 0 Å². The Balaban J connectivity index is 1.59. The van der Waals surface area contributed by atoms with Crippen molar-refractivity contribution >= 4 is 57.1 Å². The van der Waals surface area contributed by atoms with E-state index in [1.807, 2.05) is 31.2 Å². The molecular weight excluding hydrogens is 404 g/mol. The predicted molar refractivity (Wildman–Crippen MR) is 112 cm³/mol. The Morgan fingerprint density at radius 1 is 1.19 bits per heavy atom. The van der Waals surface area contributed by atoms with E-state index < -0.39 is 0 Å². The number of nitrogens with one attached hydrogen (secondary N) is 2. The van der Waals surface area contributed by atoms with Gasteiger partial charge in [-0.3, -0.25) is 4.79 Å². The molecule has 0 aliphatic rings. The Bertz CT molecular complexity index is 918. The highest BCUT2D eigenvalue weighted by molar-refractivity contribution is 8.02. The van der Waals surface area contributed by atoms with Crippen LogP contribution in [0.15, 0.2) is 52.9 Å². The Morgan fingerprint density at radius 3 is 2.67 bits per heavy atom. The zero-order valence-corrected chi connectivity index (χ0v) is 17.0. The summed E-state index contributed by atoms with van der Waals surface area (Å²) in [5.74, 6) is 0.606. The molecular formula is C18H17ClN4O2S2. The minimum absolute atomic E-state index is 0.114. The van der Waals surface area contributed by atoms with Crippen LogP contribution in [-0.2, 0) is 4.79 Å². The third-order valence-corrected chi connectivity index (χ3v) is 5.79. The highest BCUT2D eigenvalue weighted by Gasteiger charge is 2.17. The molecule has 1 aromatic heterocycles. The Labute approximate surface area is 170 Å². The molecule has 0 bridgehead atoms.